The van der Waals surface area contributed by atoms with Crippen LogP contribution in [0.3, 0.4) is 0 Å². The Balaban J connectivity index is 2.21. The topological polar surface area (TPSA) is 53.1 Å². The van der Waals surface area contributed by atoms with Crippen LogP contribution in [0.4, 0.5) is 30.6 Å². The van der Waals surface area contributed by atoms with Gasteiger partial charge in [-0.25, -0.2) is 4.98 Å². The van der Waals surface area contributed by atoms with Crippen LogP contribution >= 0.6 is 23.2 Å². The molecule has 1 aromatic heterocycles. The number of alkyl halides is 3. The monoisotopic (exact) mass is 449 g/mol. The minimum absolute atomic E-state index is 0.0171. The highest BCUT2D eigenvalue weighted by molar-refractivity contribution is 6.42. The number of benzene rings is 1. The fourth-order valence-electron chi connectivity index (χ4n) is 2.90. The fourth-order valence-corrected chi connectivity index (χ4v) is 3.20. The summed E-state index contributed by atoms with van der Waals surface area (Å²) in [6.07, 6.45) is -3.81. The van der Waals surface area contributed by atoms with E-state index in [1.165, 1.54) is 0 Å². The van der Waals surface area contributed by atoms with Gasteiger partial charge in [0, 0.05) is 37.1 Å². The fraction of sp³-hybridized carbons (Fsp3) is 0.474. The van der Waals surface area contributed by atoms with Gasteiger partial charge < -0.3 is 10.6 Å². The Bertz CT molecular complexity index is 820. The van der Waals surface area contributed by atoms with E-state index in [2.05, 4.69) is 25.5 Å². The molecular weight excluding hydrogens is 426 g/mol. The lowest BCUT2D eigenvalue weighted by atomic mass is 10.2. The zero-order valence-corrected chi connectivity index (χ0v) is 18.1. The molecule has 0 aliphatic heterocycles. The van der Waals surface area contributed by atoms with Crippen molar-refractivity contribution < 1.29 is 13.2 Å². The first-order valence-corrected chi connectivity index (χ1v) is 9.90. The minimum Gasteiger partial charge on any atom is -0.368 e. The van der Waals surface area contributed by atoms with E-state index in [4.69, 9.17) is 23.2 Å². The molecule has 0 bridgehead atoms. The lowest BCUT2D eigenvalue weighted by Crippen LogP contribution is -2.40. The average molecular weight is 450 g/mol. The highest BCUT2D eigenvalue weighted by Crippen LogP contribution is 2.34. The molecule has 0 saturated carbocycles. The predicted molar refractivity (Wildman–Crippen MR) is 112 cm³/mol. The number of halogens is 5. The highest BCUT2D eigenvalue weighted by Gasteiger charge is 2.35. The molecule has 0 aliphatic carbocycles. The molecule has 0 amide bonds. The van der Waals surface area contributed by atoms with Crippen LogP contribution in [-0.4, -0.2) is 40.0 Å². The first kappa shape index (κ1) is 23.5. The van der Waals surface area contributed by atoms with Crippen LogP contribution in [0.1, 0.15) is 33.3 Å². The van der Waals surface area contributed by atoms with E-state index >= 15 is 0 Å². The van der Waals surface area contributed by atoms with Gasteiger partial charge in [0.15, 0.2) is 0 Å². The van der Waals surface area contributed by atoms with E-state index in [9.17, 15) is 13.2 Å². The van der Waals surface area contributed by atoms with Crippen molar-refractivity contribution in [2.75, 3.05) is 23.7 Å². The zero-order valence-electron chi connectivity index (χ0n) is 16.6. The van der Waals surface area contributed by atoms with Crippen molar-refractivity contribution in [1.29, 1.82) is 0 Å². The summed E-state index contributed by atoms with van der Waals surface area (Å²) in [5.41, 5.74) is -0.409. The number of hydrogen-bond donors (Lipinski definition) is 2. The van der Waals surface area contributed by atoms with Crippen LogP contribution in [0.15, 0.2) is 24.4 Å². The maximum Gasteiger partial charge on any atom is 0.421 e. The van der Waals surface area contributed by atoms with Crippen LogP contribution in [0.25, 0.3) is 0 Å². The van der Waals surface area contributed by atoms with Crippen LogP contribution in [0.2, 0.25) is 10.0 Å². The van der Waals surface area contributed by atoms with Gasteiger partial charge in [-0.1, -0.05) is 23.2 Å². The Morgan fingerprint density at radius 2 is 1.72 bits per heavy atom. The number of aromatic nitrogens is 2. The van der Waals surface area contributed by atoms with Crippen molar-refractivity contribution in [2.24, 2.45) is 0 Å². The lowest BCUT2D eigenvalue weighted by Gasteiger charge is -2.30. The molecule has 160 valence electrons. The van der Waals surface area contributed by atoms with E-state index in [0.29, 0.717) is 28.8 Å². The molecule has 2 rings (SSSR count). The molecule has 29 heavy (non-hydrogen) atoms. The summed E-state index contributed by atoms with van der Waals surface area (Å²) in [7, 11) is 0. The number of nitrogens with one attached hydrogen (secondary N) is 2. The first-order valence-electron chi connectivity index (χ1n) is 9.15. The summed E-state index contributed by atoms with van der Waals surface area (Å²) >= 11 is 11.8. The molecule has 2 N–H and O–H groups in total. The van der Waals surface area contributed by atoms with Gasteiger partial charge in [-0.2, -0.15) is 18.2 Å². The van der Waals surface area contributed by atoms with Gasteiger partial charge in [0.2, 0.25) is 5.95 Å². The zero-order chi connectivity index (χ0) is 21.8. The smallest absolute Gasteiger partial charge is 0.368 e. The maximum atomic E-state index is 13.4. The van der Waals surface area contributed by atoms with Gasteiger partial charge in [0.1, 0.15) is 11.4 Å². The Hall–Kier alpha value is -1.77. The second-order valence-electron chi connectivity index (χ2n) is 7.06. The van der Waals surface area contributed by atoms with Crippen LogP contribution in [0, 0.1) is 0 Å². The summed E-state index contributed by atoms with van der Waals surface area (Å²) < 4.78 is 40.1. The lowest BCUT2D eigenvalue weighted by molar-refractivity contribution is -0.137. The van der Waals surface area contributed by atoms with Crippen molar-refractivity contribution in [3.8, 4) is 0 Å². The van der Waals surface area contributed by atoms with Crippen molar-refractivity contribution in [3.63, 3.8) is 0 Å². The standard InChI is InChI=1S/C19H24Cl2F3N5/c1-11(2)29(12(3)4)8-7-25-17-14(19(22,23)24)10-26-18(28-17)27-13-5-6-15(20)16(21)9-13/h5-6,9-12H,7-8H2,1-4H3,(H2,25,26,27,28). The third-order valence-electron chi connectivity index (χ3n) is 4.26. The molecule has 0 spiro atoms. The van der Waals surface area contributed by atoms with Crippen LogP contribution in [-0.2, 0) is 6.18 Å². The number of rotatable bonds is 8. The summed E-state index contributed by atoms with van der Waals surface area (Å²) in [4.78, 5) is 9.99. The predicted octanol–water partition coefficient (Wildman–Crippen LogP) is 6.08. The Morgan fingerprint density at radius 1 is 1.07 bits per heavy atom. The van der Waals surface area contributed by atoms with Gasteiger partial charge in [0.25, 0.3) is 0 Å². The minimum atomic E-state index is -4.57. The normalized spacial score (nSPS) is 12.1. The van der Waals surface area contributed by atoms with Crippen molar-refractivity contribution in [1.82, 2.24) is 14.9 Å². The highest BCUT2D eigenvalue weighted by atomic mass is 35.5. The van der Waals surface area contributed by atoms with E-state index in [-0.39, 0.29) is 23.8 Å². The molecule has 0 unspecified atom stereocenters. The number of hydrogen-bond acceptors (Lipinski definition) is 5. The molecular formula is C19H24Cl2F3N5. The largest absolute Gasteiger partial charge is 0.421 e. The van der Waals surface area contributed by atoms with Crippen LogP contribution < -0.4 is 10.6 Å². The van der Waals surface area contributed by atoms with Gasteiger partial charge in [-0.15, -0.1) is 0 Å². The number of anilines is 3. The summed E-state index contributed by atoms with van der Waals surface area (Å²) in [5.74, 6) is -0.258. The second kappa shape index (κ2) is 9.82. The van der Waals surface area contributed by atoms with E-state index in [1.807, 2.05) is 27.7 Å². The Kier molecular flexibility index (Phi) is 7.96. The van der Waals surface area contributed by atoms with Crippen molar-refractivity contribution >= 4 is 40.7 Å². The molecule has 1 heterocycles. The van der Waals surface area contributed by atoms with E-state index in [1.54, 1.807) is 18.2 Å². The molecule has 2 aromatic rings. The van der Waals surface area contributed by atoms with Crippen LogP contribution in [0.5, 0.6) is 0 Å². The molecule has 5 nitrogen and oxygen atoms in total. The van der Waals surface area contributed by atoms with Gasteiger partial charge in [-0.05, 0) is 45.9 Å². The molecule has 0 fully saturated rings. The molecule has 1 aromatic carbocycles. The summed E-state index contributed by atoms with van der Waals surface area (Å²) in [6, 6.07) is 5.29. The Morgan fingerprint density at radius 3 is 2.28 bits per heavy atom. The molecule has 0 aliphatic rings. The van der Waals surface area contributed by atoms with Crippen molar-refractivity contribution in [3.05, 3.63) is 40.0 Å². The molecule has 0 atom stereocenters. The summed E-state index contributed by atoms with van der Waals surface area (Å²) in [5, 5.41) is 6.33. The third kappa shape index (κ3) is 6.62. The maximum absolute atomic E-state index is 13.4. The van der Waals surface area contributed by atoms with Gasteiger partial charge in [-0.3, -0.25) is 4.90 Å². The number of nitrogens with zero attached hydrogens (tertiary/aromatic N) is 3. The third-order valence-corrected chi connectivity index (χ3v) is 5.00. The van der Waals surface area contributed by atoms with E-state index in [0.717, 1.165) is 6.20 Å². The SMILES string of the molecule is CC(C)N(CCNc1nc(Nc2ccc(Cl)c(Cl)c2)ncc1C(F)(F)F)C(C)C. The average Bonchev–Trinajstić information content (AvgIpc) is 2.60. The molecule has 0 radical (unpaired) electrons. The molecule has 0 saturated heterocycles. The first-order chi connectivity index (χ1) is 13.5. The molecule has 10 heteroatoms. The van der Waals surface area contributed by atoms with E-state index < -0.39 is 11.7 Å². The van der Waals surface area contributed by atoms with Crippen molar-refractivity contribution in [2.45, 2.75) is 46.0 Å². The quantitative estimate of drug-likeness (QED) is 0.511. The van der Waals surface area contributed by atoms with Gasteiger partial charge in [0.05, 0.1) is 10.0 Å². The second-order valence-corrected chi connectivity index (χ2v) is 7.87. The van der Waals surface area contributed by atoms with Gasteiger partial charge >= 0.3 is 6.18 Å². The Labute approximate surface area is 178 Å². The summed E-state index contributed by atoms with van der Waals surface area (Å²) in [6.45, 7) is 9.07.